The molecule has 2 nitrogen and oxygen atoms in total. The van der Waals surface area contributed by atoms with Gasteiger partial charge in [-0.25, -0.2) is 4.89 Å². The minimum absolute atomic E-state index is 0.142. The maximum Gasteiger partial charge on any atom is 0.0825 e. The zero-order chi connectivity index (χ0) is 11.6. The van der Waals surface area contributed by atoms with Crippen LogP contribution in [0.1, 0.15) is 54.9 Å². The summed E-state index contributed by atoms with van der Waals surface area (Å²) in [6.07, 6.45) is 0.872. The van der Waals surface area contributed by atoms with E-state index in [1.165, 1.54) is 0 Å². The molecule has 0 aliphatic heterocycles. The molecule has 0 saturated carbocycles. The van der Waals surface area contributed by atoms with E-state index in [0.717, 1.165) is 6.42 Å². The molecule has 0 saturated heterocycles. The zero-order valence-electron chi connectivity index (χ0n) is 10.8. The number of hydrogen-bond donors (Lipinski definition) is 1. The van der Waals surface area contributed by atoms with Crippen molar-refractivity contribution in [3.63, 3.8) is 0 Å². The molecule has 0 aromatic rings. The van der Waals surface area contributed by atoms with E-state index in [-0.39, 0.29) is 16.2 Å². The van der Waals surface area contributed by atoms with Crippen LogP contribution in [-0.2, 0) is 4.89 Å². The van der Waals surface area contributed by atoms with Crippen molar-refractivity contribution in [1.29, 1.82) is 0 Å². The van der Waals surface area contributed by atoms with Gasteiger partial charge in [-0.2, -0.15) is 0 Å². The second-order valence-electron chi connectivity index (χ2n) is 6.42. The lowest BCUT2D eigenvalue weighted by Gasteiger charge is -2.51. The molecular formula is C12H26O2. The first-order valence-corrected chi connectivity index (χ1v) is 5.32. The van der Waals surface area contributed by atoms with Gasteiger partial charge in [0.05, 0.1) is 6.61 Å². The highest BCUT2D eigenvalue weighted by Gasteiger charge is 2.45. The summed E-state index contributed by atoms with van der Waals surface area (Å²) < 4.78 is 0. The zero-order valence-corrected chi connectivity index (χ0v) is 10.8. The Labute approximate surface area is 88.6 Å². The SMILES string of the molecule is CC(C)(C)C(C)(CCOO)C(C)(C)C. The molecule has 0 fully saturated rings. The van der Waals surface area contributed by atoms with Gasteiger partial charge in [0.1, 0.15) is 0 Å². The third-order valence-corrected chi connectivity index (χ3v) is 4.00. The van der Waals surface area contributed by atoms with Crippen LogP contribution in [0.5, 0.6) is 0 Å². The first-order chi connectivity index (χ1) is 6.06. The average molecular weight is 202 g/mol. The smallest absolute Gasteiger partial charge is 0.0825 e. The Morgan fingerprint density at radius 2 is 1.21 bits per heavy atom. The topological polar surface area (TPSA) is 29.5 Å². The van der Waals surface area contributed by atoms with Gasteiger partial charge in [0.2, 0.25) is 0 Å². The normalized spacial score (nSPS) is 14.6. The van der Waals surface area contributed by atoms with Gasteiger partial charge < -0.3 is 0 Å². The molecule has 0 atom stereocenters. The molecule has 0 heterocycles. The van der Waals surface area contributed by atoms with E-state index in [1.807, 2.05) is 0 Å². The van der Waals surface area contributed by atoms with Gasteiger partial charge >= 0.3 is 0 Å². The fraction of sp³-hybridized carbons (Fsp3) is 1.00. The van der Waals surface area contributed by atoms with Crippen molar-refractivity contribution in [3.8, 4) is 0 Å². The third-order valence-electron chi connectivity index (χ3n) is 4.00. The highest BCUT2D eigenvalue weighted by Crippen LogP contribution is 2.53. The van der Waals surface area contributed by atoms with Crippen molar-refractivity contribution in [1.82, 2.24) is 0 Å². The fourth-order valence-electron chi connectivity index (χ4n) is 2.12. The van der Waals surface area contributed by atoms with Crippen LogP contribution >= 0.6 is 0 Å². The van der Waals surface area contributed by atoms with Crippen LogP contribution in [0.25, 0.3) is 0 Å². The first kappa shape index (κ1) is 13.9. The van der Waals surface area contributed by atoms with E-state index in [2.05, 4.69) is 53.4 Å². The summed E-state index contributed by atoms with van der Waals surface area (Å²) in [7, 11) is 0. The van der Waals surface area contributed by atoms with Crippen LogP contribution in [-0.4, -0.2) is 11.9 Å². The largest absolute Gasteiger partial charge is 0.252 e. The highest BCUT2D eigenvalue weighted by atomic mass is 17.1. The quantitative estimate of drug-likeness (QED) is 0.554. The van der Waals surface area contributed by atoms with Gasteiger partial charge in [0, 0.05) is 0 Å². The molecule has 0 amide bonds. The molecule has 0 aromatic carbocycles. The average Bonchev–Trinajstić information content (AvgIpc) is 1.95. The lowest BCUT2D eigenvalue weighted by atomic mass is 9.54. The van der Waals surface area contributed by atoms with Gasteiger partial charge in [-0.05, 0) is 22.7 Å². The minimum Gasteiger partial charge on any atom is -0.252 e. The van der Waals surface area contributed by atoms with E-state index in [0.29, 0.717) is 6.61 Å². The van der Waals surface area contributed by atoms with Crippen LogP contribution in [0.4, 0.5) is 0 Å². The van der Waals surface area contributed by atoms with Crippen LogP contribution in [0, 0.1) is 16.2 Å². The van der Waals surface area contributed by atoms with E-state index in [9.17, 15) is 0 Å². The van der Waals surface area contributed by atoms with E-state index in [4.69, 9.17) is 5.26 Å². The van der Waals surface area contributed by atoms with Gasteiger partial charge in [0.25, 0.3) is 0 Å². The number of hydrogen-bond acceptors (Lipinski definition) is 2. The van der Waals surface area contributed by atoms with E-state index >= 15 is 0 Å². The molecule has 2 heteroatoms. The number of rotatable bonds is 3. The van der Waals surface area contributed by atoms with Gasteiger partial charge in [-0.3, -0.25) is 5.26 Å². The first-order valence-electron chi connectivity index (χ1n) is 5.32. The molecule has 0 radical (unpaired) electrons. The summed E-state index contributed by atoms with van der Waals surface area (Å²) in [5.74, 6) is 0. The lowest BCUT2D eigenvalue weighted by Crippen LogP contribution is -2.44. The van der Waals surface area contributed by atoms with Gasteiger partial charge in [0.15, 0.2) is 0 Å². The summed E-state index contributed by atoms with van der Waals surface area (Å²) in [5, 5.41) is 8.46. The van der Waals surface area contributed by atoms with Gasteiger partial charge in [-0.15, -0.1) is 0 Å². The molecule has 0 bridgehead atoms. The second kappa shape index (κ2) is 4.19. The molecular weight excluding hydrogens is 176 g/mol. The monoisotopic (exact) mass is 202 g/mol. The molecule has 0 aliphatic carbocycles. The summed E-state index contributed by atoms with van der Waals surface area (Å²) in [6, 6.07) is 0. The van der Waals surface area contributed by atoms with E-state index < -0.39 is 0 Å². The summed E-state index contributed by atoms with van der Waals surface area (Å²) >= 11 is 0. The Morgan fingerprint density at radius 1 is 0.857 bits per heavy atom. The maximum atomic E-state index is 8.46. The molecule has 0 aliphatic rings. The van der Waals surface area contributed by atoms with Crippen molar-refractivity contribution in [2.24, 2.45) is 16.2 Å². The molecule has 0 spiro atoms. The van der Waals surface area contributed by atoms with E-state index in [1.54, 1.807) is 0 Å². The molecule has 86 valence electrons. The van der Waals surface area contributed by atoms with Crippen LogP contribution in [0.2, 0.25) is 0 Å². The van der Waals surface area contributed by atoms with Crippen molar-refractivity contribution < 1.29 is 10.1 Å². The summed E-state index contributed by atoms with van der Waals surface area (Å²) in [4.78, 5) is 4.23. The second-order valence-corrected chi connectivity index (χ2v) is 6.42. The van der Waals surface area contributed by atoms with Crippen LogP contribution in [0.3, 0.4) is 0 Å². The van der Waals surface area contributed by atoms with Crippen LogP contribution < -0.4 is 0 Å². The Balaban J connectivity index is 4.87. The summed E-state index contributed by atoms with van der Waals surface area (Å²) in [6.45, 7) is 16.2. The summed E-state index contributed by atoms with van der Waals surface area (Å²) in [5.41, 5.74) is 0.538. The van der Waals surface area contributed by atoms with Gasteiger partial charge in [-0.1, -0.05) is 48.5 Å². The highest BCUT2D eigenvalue weighted by molar-refractivity contribution is 4.94. The third kappa shape index (κ3) is 2.71. The van der Waals surface area contributed by atoms with Crippen molar-refractivity contribution in [2.75, 3.05) is 6.61 Å². The van der Waals surface area contributed by atoms with Crippen molar-refractivity contribution >= 4 is 0 Å². The lowest BCUT2D eigenvalue weighted by molar-refractivity contribution is -0.251. The molecule has 14 heavy (non-hydrogen) atoms. The van der Waals surface area contributed by atoms with Crippen molar-refractivity contribution in [2.45, 2.75) is 54.9 Å². The molecule has 0 unspecified atom stereocenters. The Hall–Kier alpha value is -0.0800. The Kier molecular flexibility index (Phi) is 4.17. The Morgan fingerprint density at radius 3 is 1.43 bits per heavy atom. The predicted molar refractivity (Wildman–Crippen MR) is 60.2 cm³/mol. The predicted octanol–water partition coefficient (Wildman–Crippen LogP) is 3.96. The molecule has 1 N–H and O–H groups in total. The molecule has 0 rings (SSSR count). The minimum atomic E-state index is 0.142. The molecule has 0 aromatic heterocycles. The Bertz CT molecular complexity index is 158. The van der Waals surface area contributed by atoms with Crippen molar-refractivity contribution in [3.05, 3.63) is 0 Å². The maximum absolute atomic E-state index is 8.46. The van der Waals surface area contributed by atoms with Crippen LogP contribution in [0.15, 0.2) is 0 Å². The standard InChI is InChI=1S/C12H26O2/c1-10(2,3)12(7,8-9-14-13)11(4,5)6/h13H,8-9H2,1-7H3. The fourth-order valence-corrected chi connectivity index (χ4v) is 2.12.